The fourth-order valence-corrected chi connectivity index (χ4v) is 2.12. The molecule has 1 heterocycles. The summed E-state index contributed by atoms with van der Waals surface area (Å²) in [6.07, 6.45) is 0. The number of para-hydroxylation sites is 2. The number of aromatic nitrogens is 3. The molecule has 0 atom stereocenters. The van der Waals surface area contributed by atoms with E-state index in [4.69, 9.17) is 10.5 Å². The van der Waals surface area contributed by atoms with E-state index in [9.17, 15) is 8.78 Å². The molecule has 0 saturated heterocycles. The largest absolute Gasteiger partial charge is 0.494 e. The predicted octanol–water partition coefficient (Wildman–Crippen LogP) is 2.80. The van der Waals surface area contributed by atoms with E-state index in [2.05, 4.69) is 10.3 Å². The Bertz CT molecular complexity index is 832. The third-order valence-electron chi connectivity index (χ3n) is 3.21. The van der Waals surface area contributed by atoms with Crippen LogP contribution < -0.4 is 10.5 Å². The van der Waals surface area contributed by atoms with Crippen molar-refractivity contribution in [1.82, 2.24) is 15.0 Å². The van der Waals surface area contributed by atoms with Crippen molar-refractivity contribution in [1.29, 1.82) is 0 Å². The summed E-state index contributed by atoms with van der Waals surface area (Å²) in [6.45, 7) is 0. The van der Waals surface area contributed by atoms with Gasteiger partial charge in [-0.25, -0.2) is 8.78 Å². The van der Waals surface area contributed by atoms with Crippen LogP contribution in [0, 0.1) is 11.6 Å². The lowest BCUT2D eigenvalue weighted by Gasteiger charge is -2.08. The molecule has 0 unspecified atom stereocenters. The molecule has 1 aromatic heterocycles. The van der Waals surface area contributed by atoms with Crippen LogP contribution >= 0.6 is 0 Å². The second kappa shape index (κ2) is 5.44. The number of nitrogen functional groups attached to an aromatic ring is 1. The summed E-state index contributed by atoms with van der Waals surface area (Å²) in [5.74, 6) is -1.13. The van der Waals surface area contributed by atoms with E-state index in [1.54, 1.807) is 18.2 Å². The third-order valence-corrected chi connectivity index (χ3v) is 3.21. The molecule has 3 aromatic rings. The summed E-state index contributed by atoms with van der Waals surface area (Å²) in [7, 11) is 1.53. The predicted molar refractivity (Wildman–Crippen MR) is 77.7 cm³/mol. The highest BCUT2D eigenvalue weighted by Crippen LogP contribution is 2.29. The summed E-state index contributed by atoms with van der Waals surface area (Å²) >= 11 is 0. The molecule has 0 radical (unpaired) electrons. The summed E-state index contributed by atoms with van der Waals surface area (Å²) < 4.78 is 33.0. The number of ether oxygens (including phenoxy) is 1. The van der Waals surface area contributed by atoms with Crippen LogP contribution in [0.25, 0.3) is 16.9 Å². The summed E-state index contributed by atoms with van der Waals surface area (Å²) in [6, 6.07) is 10.6. The zero-order valence-electron chi connectivity index (χ0n) is 11.6. The molecule has 0 fully saturated rings. The molecule has 2 aromatic carbocycles. The number of methoxy groups -OCH3 is 1. The number of rotatable bonds is 3. The van der Waals surface area contributed by atoms with E-state index in [1.807, 2.05) is 6.07 Å². The molecule has 3 rings (SSSR count). The van der Waals surface area contributed by atoms with Crippen LogP contribution in [0.1, 0.15) is 0 Å². The van der Waals surface area contributed by atoms with E-state index in [1.165, 1.54) is 17.9 Å². The number of hydrogen-bond acceptors (Lipinski definition) is 4. The first-order chi connectivity index (χ1) is 10.6. The summed E-state index contributed by atoms with van der Waals surface area (Å²) in [5.41, 5.74) is 7.26. The Morgan fingerprint density at radius 1 is 1.09 bits per heavy atom. The van der Waals surface area contributed by atoms with E-state index < -0.39 is 11.6 Å². The van der Waals surface area contributed by atoms with Crippen molar-refractivity contribution in [2.75, 3.05) is 12.8 Å². The van der Waals surface area contributed by atoms with Crippen molar-refractivity contribution in [2.45, 2.75) is 0 Å². The maximum absolute atomic E-state index is 13.4. The Hall–Kier alpha value is -2.96. The minimum Gasteiger partial charge on any atom is -0.494 e. The normalized spacial score (nSPS) is 10.7. The molecule has 112 valence electrons. The van der Waals surface area contributed by atoms with Crippen LogP contribution in [0.2, 0.25) is 0 Å². The van der Waals surface area contributed by atoms with Crippen LogP contribution in [0.3, 0.4) is 0 Å². The van der Waals surface area contributed by atoms with Crippen molar-refractivity contribution >= 4 is 5.82 Å². The van der Waals surface area contributed by atoms with Gasteiger partial charge in [0.05, 0.1) is 7.11 Å². The van der Waals surface area contributed by atoms with E-state index in [0.717, 1.165) is 12.1 Å². The van der Waals surface area contributed by atoms with Gasteiger partial charge in [0.15, 0.2) is 17.5 Å². The van der Waals surface area contributed by atoms with Gasteiger partial charge in [-0.1, -0.05) is 17.3 Å². The van der Waals surface area contributed by atoms with Gasteiger partial charge in [0.25, 0.3) is 0 Å². The van der Waals surface area contributed by atoms with Gasteiger partial charge in [-0.3, -0.25) is 0 Å². The first-order valence-corrected chi connectivity index (χ1v) is 6.42. The zero-order chi connectivity index (χ0) is 15.7. The molecular weight excluding hydrogens is 290 g/mol. The van der Waals surface area contributed by atoms with Crippen LogP contribution in [0.5, 0.6) is 5.75 Å². The highest BCUT2D eigenvalue weighted by Gasteiger charge is 2.16. The molecule has 7 heteroatoms. The Morgan fingerprint density at radius 2 is 1.86 bits per heavy atom. The first kappa shape index (κ1) is 14.0. The van der Waals surface area contributed by atoms with Gasteiger partial charge < -0.3 is 10.5 Å². The second-order valence-electron chi connectivity index (χ2n) is 4.54. The van der Waals surface area contributed by atoms with Crippen molar-refractivity contribution < 1.29 is 13.5 Å². The van der Waals surface area contributed by atoms with Gasteiger partial charge in [-0.15, -0.1) is 5.10 Å². The quantitative estimate of drug-likeness (QED) is 0.808. The average Bonchev–Trinajstić information content (AvgIpc) is 2.91. The molecule has 5 nitrogen and oxygen atoms in total. The van der Waals surface area contributed by atoms with Crippen LogP contribution in [0.4, 0.5) is 14.6 Å². The minimum absolute atomic E-state index is 0.204. The van der Waals surface area contributed by atoms with Gasteiger partial charge >= 0.3 is 0 Å². The smallest absolute Gasteiger partial charge is 0.159 e. The minimum atomic E-state index is -0.969. The molecule has 0 bridgehead atoms. The Morgan fingerprint density at radius 3 is 2.59 bits per heavy atom. The van der Waals surface area contributed by atoms with Crippen LogP contribution in [0.15, 0.2) is 42.5 Å². The maximum atomic E-state index is 13.4. The highest BCUT2D eigenvalue weighted by atomic mass is 19.2. The van der Waals surface area contributed by atoms with Crippen molar-refractivity contribution in [3.05, 3.63) is 54.1 Å². The number of hydrogen-bond donors (Lipinski definition) is 1. The zero-order valence-corrected chi connectivity index (χ0v) is 11.6. The van der Waals surface area contributed by atoms with Crippen molar-refractivity contribution in [2.24, 2.45) is 0 Å². The lowest BCUT2D eigenvalue weighted by Crippen LogP contribution is -2.04. The molecule has 2 N–H and O–H groups in total. The van der Waals surface area contributed by atoms with E-state index in [-0.39, 0.29) is 11.5 Å². The topological polar surface area (TPSA) is 66.0 Å². The molecule has 0 aliphatic heterocycles. The van der Waals surface area contributed by atoms with Gasteiger partial charge in [0, 0.05) is 5.56 Å². The van der Waals surface area contributed by atoms with E-state index >= 15 is 0 Å². The molecule has 0 saturated carbocycles. The Balaban J connectivity index is 2.11. The second-order valence-corrected chi connectivity index (χ2v) is 4.54. The van der Waals surface area contributed by atoms with Crippen LogP contribution in [-0.4, -0.2) is 22.1 Å². The summed E-state index contributed by atoms with van der Waals surface area (Å²) in [4.78, 5) is 0. The molecule has 0 spiro atoms. The third kappa shape index (κ3) is 2.26. The molecular formula is C15H12F2N4O. The van der Waals surface area contributed by atoms with Crippen LogP contribution in [-0.2, 0) is 0 Å². The molecule has 0 aliphatic carbocycles. The van der Waals surface area contributed by atoms with Gasteiger partial charge in [0.2, 0.25) is 0 Å². The standard InChI is InChI=1S/C15H12F2N4O/c1-22-13-5-3-2-4-12(13)21-15(18)14(19-20-21)9-6-7-10(16)11(17)8-9/h2-8H,18H2,1H3. The van der Waals surface area contributed by atoms with E-state index in [0.29, 0.717) is 17.0 Å². The molecule has 22 heavy (non-hydrogen) atoms. The van der Waals surface area contributed by atoms with Crippen molar-refractivity contribution in [3.63, 3.8) is 0 Å². The van der Waals surface area contributed by atoms with Gasteiger partial charge in [0.1, 0.15) is 17.1 Å². The molecule has 0 aliphatic rings. The SMILES string of the molecule is COc1ccccc1-n1nnc(-c2ccc(F)c(F)c2)c1N. The Labute approximate surface area is 124 Å². The fraction of sp³-hybridized carbons (Fsp3) is 0.0667. The number of benzene rings is 2. The van der Waals surface area contributed by atoms with Crippen molar-refractivity contribution in [3.8, 4) is 22.7 Å². The fourth-order valence-electron chi connectivity index (χ4n) is 2.12. The molecule has 0 amide bonds. The maximum Gasteiger partial charge on any atom is 0.159 e. The van der Waals surface area contributed by atoms with Gasteiger partial charge in [-0.2, -0.15) is 4.68 Å². The average molecular weight is 302 g/mol. The lowest BCUT2D eigenvalue weighted by atomic mass is 10.1. The number of nitrogens with two attached hydrogens (primary N) is 1. The Kier molecular flexibility index (Phi) is 3.46. The monoisotopic (exact) mass is 302 g/mol. The highest BCUT2D eigenvalue weighted by molar-refractivity contribution is 5.71. The number of nitrogens with zero attached hydrogens (tertiary/aromatic N) is 3. The van der Waals surface area contributed by atoms with Gasteiger partial charge in [-0.05, 0) is 30.3 Å². The first-order valence-electron chi connectivity index (χ1n) is 6.42. The number of halogens is 2. The number of anilines is 1. The lowest BCUT2D eigenvalue weighted by molar-refractivity contribution is 0.411. The summed E-state index contributed by atoms with van der Waals surface area (Å²) in [5, 5.41) is 7.92.